The maximum absolute atomic E-state index is 10.7. The standard InChI is InChI=1S/C17H33NO/c1-3-14-9-11-17(19,12-10-14)13-18-16-8-6-5-7-15(16)4-2/h14-16,18-19H,3-13H2,1-2H3. The zero-order valence-electron chi connectivity index (χ0n) is 13.0. The minimum Gasteiger partial charge on any atom is -0.389 e. The molecule has 112 valence electrons. The van der Waals surface area contributed by atoms with Crippen LogP contribution >= 0.6 is 0 Å². The van der Waals surface area contributed by atoms with Gasteiger partial charge in [-0.15, -0.1) is 0 Å². The number of rotatable bonds is 5. The Labute approximate surface area is 119 Å². The second-order valence-corrected chi connectivity index (χ2v) is 7.02. The van der Waals surface area contributed by atoms with Gasteiger partial charge in [0.2, 0.25) is 0 Å². The molecule has 2 aliphatic rings. The molecule has 0 bridgehead atoms. The summed E-state index contributed by atoms with van der Waals surface area (Å²) in [6.07, 6.45) is 12.5. The van der Waals surface area contributed by atoms with Crippen molar-refractivity contribution in [2.24, 2.45) is 11.8 Å². The van der Waals surface area contributed by atoms with Gasteiger partial charge in [0.25, 0.3) is 0 Å². The Morgan fingerprint density at radius 3 is 2.32 bits per heavy atom. The van der Waals surface area contributed by atoms with E-state index in [4.69, 9.17) is 0 Å². The predicted octanol–water partition coefficient (Wildman–Crippen LogP) is 3.88. The molecule has 0 spiro atoms. The highest BCUT2D eigenvalue weighted by molar-refractivity contribution is 4.90. The summed E-state index contributed by atoms with van der Waals surface area (Å²) in [5, 5.41) is 14.4. The van der Waals surface area contributed by atoms with E-state index in [9.17, 15) is 5.11 Å². The molecule has 0 radical (unpaired) electrons. The largest absolute Gasteiger partial charge is 0.389 e. The first-order valence-corrected chi connectivity index (χ1v) is 8.62. The van der Waals surface area contributed by atoms with Crippen LogP contribution in [0.25, 0.3) is 0 Å². The van der Waals surface area contributed by atoms with E-state index in [1.807, 2.05) is 0 Å². The van der Waals surface area contributed by atoms with Gasteiger partial charge >= 0.3 is 0 Å². The maximum Gasteiger partial charge on any atom is 0.0771 e. The van der Waals surface area contributed by atoms with E-state index >= 15 is 0 Å². The average Bonchev–Trinajstić information content (AvgIpc) is 2.46. The zero-order chi connectivity index (χ0) is 13.7. The summed E-state index contributed by atoms with van der Waals surface area (Å²) in [5.41, 5.74) is -0.415. The zero-order valence-corrected chi connectivity index (χ0v) is 13.0. The molecule has 0 saturated heterocycles. The molecule has 0 aromatic rings. The third-order valence-electron chi connectivity index (χ3n) is 5.74. The van der Waals surface area contributed by atoms with Crippen molar-refractivity contribution in [2.45, 2.75) is 89.7 Å². The summed E-state index contributed by atoms with van der Waals surface area (Å²) in [6, 6.07) is 0.659. The van der Waals surface area contributed by atoms with Crippen LogP contribution in [0.3, 0.4) is 0 Å². The lowest BCUT2D eigenvalue weighted by atomic mass is 9.77. The van der Waals surface area contributed by atoms with Crippen molar-refractivity contribution in [3.05, 3.63) is 0 Å². The number of hydrogen-bond acceptors (Lipinski definition) is 2. The first-order valence-electron chi connectivity index (χ1n) is 8.62. The van der Waals surface area contributed by atoms with Gasteiger partial charge in [0, 0.05) is 12.6 Å². The molecule has 2 heteroatoms. The minimum atomic E-state index is -0.415. The normalized spacial score (nSPS) is 40.3. The van der Waals surface area contributed by atoms with Gasteiger partial charge in [-0.3, -0.25) is 0 Å². The molecule has 0 aliphatic heterocycles. The highest BCUT2D eigenvalue weighted by Gasteiger charge is 2.34. The quantitative estimate of drug-likeness (QED) is 0.792. The smallest absolute Gasteiger partial charge is 0.0771 e. The fourth-order valence-electron chi connectivity index (χ4n) is 4.09. The van der Waals surface area contributed by atoms with E-state index in [1.165, 1.54) is 51.4 Å². The fraction of sp³-hybridized carbons (Fsp3) is 1.00. The Morgan fingerprint density at radius 1 is 1.00 bits per heavy atom. The van der Waals surface area contributed by atoms with E-state index in [1.54, 1.807) is 0 Å². The SMILES string of the molecule is CCC1CCC(O)(CNC2CCCCC2CC)CC1. The third kappa shape index (κ3) is 4.19. The van der Waals surface area contributed by atoms with E-state index < -0.39 is 5.60 Å². The lowest BCUT2D eigenvalue weighted by Gasteiger charge is -2.39. The number of hydrogen-bond donors (Lipinski definition) is 2. The summed E-state index contributed by atoms with van der Waals surface area (Å²) in [4.78, 5) is 0. The van der Waals surface area contributed by atoms with Crippen LogP contribution in [0, 0.1) is 11.8 Å². The van der Waals surface area contributed by atoms with Gasteiger partial charge in [0.1, 0.15) is 0 Å². The molecule has 2 N–H and O–H groups in total. The predicted molar refractivity (Wildman–Crippen MR) is 81.2 cm³/mol. The molecule has 2 rings (SSSR count). The molecule has 19 heavy (non-hydrogen) atoms. The van der Waals surface area contributed by atoms with E-state index in [2.05, 4.69) is 19.2 Å². The van der Waals surface area contributed by atoms with Crippen molar-refractivity contribution in [2.75, 3.05) is 6.54 Å². The molecular weight excluding hydrogens is 234 g/mol. The third-order valence-corrected chi connectivity index (χ3v) is 5.74. The highest BCUT2D eigenvalue weighted by atomic mass is 16.3. The molecule has 2 nitrogen and oxygen atoms in total. The van der Waals surface area contributed by atoms with E-state index in [-0.39, 0.29) is 0 Å². The molecule has 2 saturated carbocycles. The molecule has 2 unspecified atom stereocenters. The fourth-order valence-corrected chi connectivity index (χ4v) is 4.09. The first kappa shape index (κ1) is 15.3. The topological polar surface area (TPSA) is 32.3 Å². The maximum atomic E-state index is 10.7. The van der Waals surface area contributed by atoms with Gasteiger partial charge in [0.05, 0.1) is 5.60 Å². The van der Waals surface area contributed by atoms with Gasteiger partial charge in [-0.2, -0.15) is 0 Å². The van der Waals surface area contributed by atoms with Crippen LogP contribution in [-0.2, 0) is 0 Å². The molecule has 2 fully saturated rings. The van der Waals surface area contributed by atoms with E-state index in [0.717, 1.165) is 31.2 Å². The second kappa shape index (κ2) is 7.08. The molecule has 2 atom stereocenters. The van der Waals surface area contributed by atoms with Crippen LogP contribution in [0.1, 0.15) is 78.1 Å². The van der Waals surface area contributed by atoms with Crippen LogP contribution in [0.5, 0.6) is 0 Å². The first-order chi connectivity index (χ1) is 9.17. The van der Waals surface area contributed by atoms with Gasteiger partial charge < -0.3 is 10.4 Å². The minimum absolute atomic E-state index is 0.415. The van der Waals surface area contributed by atoms with Gasteiger partial charge in [-0.05, 0) is 50.4 Å². The molecule has 0 amide bonds. The summed E-state index contributed by atoms with van der Waals surface area (Å²) in [6.45, 7) is 5.41. The Bertz CT molecular complexity index is 258. The average molecular weight is 267 g/mol. The van der Waals surface area contributed by atoms with Crippen molar-refractivity contribution in [1.82, 2.24) is 5.32 Å². The molecule has 0 aromatic carbocycles. The highest BCUT2D eigenvalue weighted by Crippen LogP contribution is 2.34. The monoisotopic (exact) mass is 267 g/mol. The molecule has 0 aromatic heterocycles. The number of nitrogens with one attached hydrogen (secondary N) is 1. The molecular formula is C17H33NO. The Morgan fingerprint density at radius 2 is 1.68 bits per heavy atom. The van der Waals surface area contributed by atoms with Crippen LogP contribution in [0.4, 0.5) is 0 Å². The van der Waals surface area contributed by atoms with Crippen molar-refractivity contribution < 1.29 is 5.11 Å². The van der Waals surface area contributed by atoms with Gasteiger partial charge in [0.15, 0.2) is 0 Å². The molecule has 2 aliphatic carbocycles. The Balaban J connectivity index is 1.77. The van der Waals surface area contributed by atoms with Crippen molar-refractivity contribution in [1.29, 1.82) is 0 Å². The van der Waals surface area contributed by atoms with Crippen molar-refractivity contribution >= 4 is 0 Å². The summed E-state index contributed by atoms with van der Waals surface area (Å²) in [7, 11) is 0. The van der Waals surface area contributed by atoms with Crippen LogP contribution < -0.4 is 5.32 Å². The van der Waals surface area contributed by atoms with Crippen LogP contribution in [0.15, 0.2) is 0 Å². The summed E-state index contributed by atoms with van der Waals surface area (Å²) in [5.74, 6) is 1.70. The lowest BCUT2D eigenvalue weighted by Crippen LogP contribution is -2.49. The van der Waals surface area contributed by atoms with Crippen LogP contribution in [0.2, 0.25) is 0 Å². The van der Waals surface area contributed by atoms with Gasteiger partial charge in [-0.1, -0.05) is 39.5 Å². The van der Waals surface area contributed by atoms with Crippen LogP contribution in [-0.4, -0.2) is 23.3 Å². The number of aliphatic hydroxyl groups is 1. The summed E-state index contributed by atoms with van der Waals surface area (Å²) >= 11 is 0. The van der Waals surface area contributed by atoms with E-state index in [0.29, 0.717) is 6.04 Å². The molecule has 0 heterocycles. The van der Waals surface area contributed by atoms with Crippen molar-refractivity contribution in [3.8, 4) is 0 Å². The van der Waals surface area contributed by atoms with Gasteiger partial charge in [-0.25, -0.2) is 0 Å². The Hall–Kier alpha value is -0.0800. The lowest BCUT2D eigenvalue weighted by molar-refractivity contribution is -0.0132. The second-order valence-electron chi connectivity index (χ2n) is 7.02. The Kier molecular flexibility index (Phi) is 5.70. The van der Waals surface area contributed by atoms with Crippen molar-refractivity contribution in [3.63, 3.8) is 0 Å². The summed E-state index contributed by atoms with van der Waals surface area (Å²) < 4.78 is 0.